The monoisotopic (exact) mass is 293 g/mol. The summed E-state index contributed by atoms with van der Waals surface area (Å²) in [5.41, 5.74) is 2.74. The van der Waals surface area contributed by atoms with Crippen LogP contribution in [0.15, 0.2) is 55.0 Å². The van der Waals surface area contributed by atoms with E-state index >= 15 is 0 Å². The molecular formula is C17H15N3O2. The van der Waals surface area contributed by atoms with Gasteiger partial charge in [0.05, 0.1) is 0 Å². The molecule has 0 aromatic carbocycles. The Morgan fingerprint density at radius 3 is 2.64 bits per heavy atom. The van der Waals surface area contributed by atoms with Crippen LogP contribution in [0.2, 0.25) is 0 Å². The van der Waals surface area contributed by atoms with Gasteiger partial charge in [-0.2, -0.15) is 0 Å². The number of likely N-dealkylation sites (N-methyl/N-ethyl adjacent to an activating group) is 1. The van der Waals surface area contributed by atoms with Gasteiger partial charge in [-0.1, -0.05) is 12.1 Å². The molecule has 5 heteroatoms. The summed E-state index contributed by atoms with van der Waals surface area (Å²) in [7, 11) is 3.14. The molecule has 0 saturated heterocycles. The van der Waals surface area contributed by atoms with Gasteiger partial charge in [0.2, 0.25) is 0 Å². The topological polar surface area (TPSA) is 54.7 Å². The number of aromatic nitrogens is 2. The Balaban J connectivity index is 2.27. The Morgan fingerprint density at radius 1 is 1.14 bits per heavy atom. The van der Waals surface area contributed by atoms with Gasteiger partial charge >= 0.3 is 0 Å². The van der Waals surface area contributed by atoms with Gasteiger partial charge in [0, 0.05) is 49.3 Å². The van der Waals surface area contributed by atoms with Gasteiger partial charge in [0.1, 0.15) is 5.69 Å². The van der Waals surface area contributed by atoms with E-state index < -0.39 is 11.7 Å². The molecule has 3 heterocycles. The Hall–Kier alpha value is -2.95. The number of Topliss-reactive ketones (excluding diaryl/α,β-unsaturated/α-hetero) is 1. The van der Waals surface area contributed by atoms with Crippen LogP contribution in [0.25, 0.3) is 16.6 Å². The summed E-state index contributed by atoms with van der Waals surface area (Å²) < 4.78 is 1.74. The van der Waals surface area contributed by atoms with Crippen LogP contribution in [0.3, 0.4) is 0 Å². The Morgan fingerprint density at radius 2 is 1.95 bits per heavy atom. The summed E-state index contributed by atoms with van der Waals surface area (Å²) in [4.78, 5) is 30.1. The molecule has 0 fully saturated rings. The van der Waals surface area contributed by atoms with Gasteiger partial charge in [0.15, 0.2) is 0 Å². The molecule has 110 valence electrons. The highest BCUT2D eigenvalue weighted by Gasteiger charge is 2.25. The molecule has 3 aromatic rings. The summed E-state index contributed by atoms with van der Waals surface area (Å²) in [6.07, 6.45) is 5.14. The van der Waals surface area contributed by atoms with Crippen LogP contribution in [0, 0.1) is 0 Å². The minimum absolute atomic E-state index is 0.363. The number of fused-ring (bicyclic) bond motifs is 1. The van der Waals surface area contributed by atoms with Gasteiger partial charge in [-0.15, -0.1) is 0 Å². The summed E-state index contributed by atoms with van der Waals surface area (Å²) >= 11 is 0. The molecule has 0 bridgehead atoms. The zero-order valence-electron chi connectivity index (χ0n) is 12.4. The zero-order valence-corrected chi connectivity index (χ0v) is 12.4. The lowest BCUT2D eigenvalue weighted by atomic mass is 10.1. The largest absolute Gasteiger partial charge is 0.342 e. The van der Waals surface area contributed by atoms with Crippen LogP contribution < -0.4 is 0 Å². The van der Waals surface area contributed by atoms with Gasteiger partial charge < -0.3 is 9.30 Å². The molecule has 0 spiro atoms. The van der Waals surface area contributed by atoms with E-state index in [0.717, 1.165) is 11.1 Å². The predicted octanol–water partition coefficient (Wildman–Crippen LogP) is 2.27. The number of rotatable bonds is 3. The molecular weight excluding hydrogens is 278 g/mol. The molecule has 0 radical (unpaired) electrons. The number of pyridine rings is 2. The van der Waals surface area contributed by atoms with Crippen LogP contribution in [0.4, 0.5) is 0 Å². The number of nitrogens with zero attached hydrogens (tertiary/aromatic N) is 3. The van der Waals surface area contributed by atoms with E-state index in [9.17, 15) is 9.59 Å². The van der Waals surface area contributed by atoms with Gasteiger partial charge in [-0.05, 0) is 24.3 Å². The molecule has 0 unspecified atom stereocenters. The molecule has 0 saturated carbocycles. The van der Waals surface area contributed by atoms with E-state index in [1.54, 1.807) is 43.2 Å². The summed E-state index contributed by atoms with van der Waals surface area (Å²) in [6, 6.07) is 11.2. The van der Waals surface area contributed by atoms with Crippen LogP contribution in [0.5, 0.6) is 0 Å². The zero-order chi connectivity index (χ0) is 15.7. The summed E-state index contributed by atoms with van der Waals surface area (Å²) in [5, 5.41) is 0. The summed E-state index contributed by atoms with van der Waals surface area (Å²) in [5.74, 6) is -1.08. The minimum atomic E-state index is -0.547. The van der Waals surface area contributed by atoms with Crippen molar-refractivity contribution >= 4 is 17.2 Å². The molecule has 5 nitrogen and oxygen atoms in total. The van der Waals surface area contributed by atoms with Crippen molar-refractivity contribution in [3.63, 3.8) is 0 Å². The lowest BCUT2D eigenvalue weighted by Crippen LogP contribution is -2.30. The van der Waals surface area contributed by atoms with Crippen molar-refractivity contribution < 1.29 is 9.59 Å². The van der Waals surface area contributed by atoms with Gasteiger partial charge in [-0.3, -0.25) is 14.6 Å². The van der Waals surface area contributed by atoms with E-state index in [1.807, 2.05) is 30.3 Å². The molecule has 3 aromatic heterocycles. The second-order valence-corrected chi connectivity index (χ2v) is 5.17. The fraction of sp³-hybridized carbons (Fsp3) is 0.118. The fourth-order valence-corrected chi connectivity index (χ4v) is 2.40. The lowest BCUT2D eigenvalue weighted by Gasteiger charge is -2.10. The van der Waals surface area contributed by atoms with Gasteiger partial charge in [-0.25, -0.2) is 0 Å². The molecule has 3 rings (SSSR count). The third kappa shape index (κ3) is 2.26. The molecule has 0 aliphatic carbocycles. The maximum Gasteiger partial charge on any atom is 0.296 e. The fourth-order valence-electron chi connectivity index (χ4n) is 2.40. The molecule has 0 atom stereocenters. The maximum absolute atomic E-state index is 12.6. The highest BCUT2D eigenvalue weighted by Crippen LogP contribution is 2.27. The lowest BCUT2D eigenvalue weighted by molar-refractivity contribution is -0.124. The quantitative estimate of drug-likeness (QED) is 0.550. The predicted molar refractivity (Wildman–Crippen MR) is 83.7 cm³/mol. The number of hydrogen-bond donors (Lipinski definition) is 0. The second kappa shape index (κ2) is 5.44. The van der Waals surface area contributed by atoms with Crippen molar-refractivity contribution in [1.29, 1.82) is 0 Å². The van der Waals surface area contributed by atoms with Crippen molar-refractivity contribution in [2.45, 2.75) is 0 Å². The van der Waals surface area contributed by atoms with E-state index in [4.69, 9.17) is 0 Å². The first-order chi connectivity index (χ1) is 10.6. The van der Waals surface area contributed by atoms with E-state index in [1.165, 1.54) is 4.90 Å². The average molecular weight is 293 g/mol. The van der Waals surface area contributed by atoms with Crippen LogP contribution in [0.1, 0.15) is 10.5 Å². The van der Waals surface area contributed by atoms with Crippen molar-refractivity contribution in [1.82, 2.24) is 14.3 Å². The van der Waals surface area contributed by atoms with E-state index in [0.29, 0.717) is 11.3 Å². The standard InChI is InChI=1S/C17H15N3O2/c1-19(2)17(22)16(21)15-14(12-6-5-8-18-11-12)10-13-7-3-4-9-20(13)15/h3-11H,1-2H3. The maximum atomic E-state index is 12.6. The van der Waals surface area contributed by atoms with E-state index in [2.05, 4.69) is 4.98 Å². The average Bonchev–Trinajstić information content (AvgIpc) is 2.93. The smallest absolute Gasteiger partial charge is 0.296 e. The molecule has 0 aliphatic heterocycles. The Kier molecular flexibility index (Phi) is 3.47. The number of amides is 1. The van der Waals surface area contributed by atoms with Crippen LogP contribution in [-0.4, -0.2) is 40.1 Å². The molecule has 0 aliphatic rings. The second-order valence-electron chi connectivity index (χ2n) is 5.17. The van der Waals surface area contributed by atoms with E-state index in [-0.39, 0.29) is 0 Å². The van der Waals surface area contributed by atoms with Crippen molar-refractivity contribution in [2.75, 3.05) is 14.1 Å². The number of ketones is 1. The molecule has 1 amide bonds. The van der Waals surface area contributed by atoms with Crippen LogP contribution in [-0.2, 0) is 4.79 Å². The number of carbonyl (C=O) groups is 2. The number of hydrogen-bond acceptors (Lipinski definition) is 3. The Bertz CT molecular complexity index is 851. The Labute approximate surface area is 127 Å². The minimum Gasteiger partial charge on any atom is -0.342 e. The van der Waals surface area contributed by atoms with Crippen molar-refractivity contribution in [3.05, 3.63) is 60.7 Å². The highest BCUT2D eigenvalue weighted by atomic mass is 16.2. The third-order valence-corrected chi connectivity index (χ3v) is 3.47. The van der Waals surface area contributed by atoms with Crippen molar-refractivity contribution in [2.24, 2.45) is 0 Å². The molecule has 22 heavy (non-hydrogen) atoms. The first kappa shape index (κ1) is 14.0. The first-order valence-corrected chi connectivity index (χ1v) is 6.86. The number of carbonyl (C=O) groups excluding carboxylic acids is 2. The normalized spacial score (nSPS) is 10.6. The van der Waals surface area contributed by atoms with Crippen LogP contribution >= 0.6 is 0 Å². The molecule has 0 N–H and O–H groups in total. The third-order valence-electron chi connectivity index (χ3n) is 3.47. The SMILES string of the molecule is CN(C)C(=O)C(=O)c1c(-c2cccnc2)cc2ccccn12. The summed E-state index contributed by atoms with van der Waals surface area (Å²) in [6.45, 7) is 0. The highest BCUT2D eigenvalue weighted by molar-refractivity contribution is 6.43. The first-order valence-electron chi connectivity index (χ1n) is 6.86. The van der Waals surface area contributed by atoms with Crippen molar-refractivity contribution in [3.8, 4) is 11.1 Å². The van der Waals surface area contributed by atoms with Gasteiger partial charge in [0.25, 0.3) is 11.7 Å².